The third kappa shape index (κ3) is 2.67. The average molecular weight is 429 g/mol. The molecule has 0 radical (unpaired) electrons. The van der Waals surface area contributed by atoms with Gasteiger partial charge in [-0.1, -0.05) is 18.2 Å². The van der Waals surface area contributed by atoms with Gasteiger partial charge >= 0.3 is 0 Å². The Morgan fingerprint density at radius 2 is 1.85 bits per heavy atom. The van der Waals surface area contributed by atoms with Gasteiger partial charge in [-0.25, -0.2) is 9.67 Å². The summed E-state index contributed by atoms with van der Waals surface area (Å²) in [4.78, 5) is 17.9. The number of nitrogens with one attached hydrogen (secondary N) is 1. The topological polar surface area (TPSA) is 59.8 Å². The molecule has 1 aromatic carbocycles. The summed E-state index contributed by atoms with van der Waals surface area (Å²) < 4.78 is 2.68. The molecule has 0 aliphatic heterocycles. The van der Waals surface area contributed by atoms with Crippen molar-refractivity contribution in [1.82, 2.24) is 14.8 Å². The van der Waals surface area contributed by atoms with E-state index in [2.05, 4.69) is 62.0 Å². The third-order valence-corrected chi connectivity index (χ3v) is 7.54. The number of amides is 1. The van der Waals surface area contributed by atoms with E-state index in [1.165, 1.54) is 6.42 Å². The minimum absolute atomic E-state index is 0.0543. The molecule has 0 spiro atoms. The summed E-state index contributed by atoms with van der Waals surface area (Å²) >= 11 is 3.39. The fraction of sp³-hybridized carbons (Fsp3) is 0.571. The molecule has 4 saturated carbocycles. The van der Waals surface area contributed by atoms with E-state index in [4.69, 9.17) is 0 Å². The fourth-order valence-electron chi connectivity index (χ4n) is 6.48. The number of benzene rings is 1. The van der Waals surface area contributed by atoms with Crippen LogP contribution < -0.4 is 5.32 Å². The van der Waals surface area contributed by atoms with Crippen LogP contribution >= 0.6 is 15.9 Å². The molecule has 1 amide bonds. The monoisotopic (exact) mass is 428 g/mol. The van der Waals surface area contributed by atoms with Crippen molar-refractivity contribution in [3.05, 3.63) is 40.4 Å². The van der Waals surface area contributed by atoms with Crippen LogP contribution in [0.15, 0.2) is 29.3 Å². The molecule has 2 aromatic rings. The predicted molar refractivity (Wildman–Crippen MR) is 107 cm³/mol. The SMILES string of the molecule is Cc1cccc(C)c1NC(=O)C12C[C@@H]3C[C@@H](C1)CC(n1cnc(Br)n1)(C3)C2. The summed E-state index contributed by atoms with van der Waals surface area (Å²) in [5.74, 6) is 1.42. The number of anilines is 1. The summed E-state index contributed by atoms with van der Waals surface area (Å²) in [6, 6.07) is 6.18. The van der Waals surface area contributed by atoms with Crippen molar-refractivity contribution in [1.29, 1.82) is 0 Å². The number of nitrogens with zero attached hydrogens (tertiary/aromatic N) is 3. The van der Waals surface area contributed by atoms with Crippen LogP contribution in [0.25, 0.3) is 0 Å². The van der Waals surface area contributed by atoms with Gasteiger partial charge in [0.25, 0.3) is 0 Å². The molecule has 2 atom stereocenters. The van der Waals surface area contributed by atoms with Crippen LogP contribution in [0.2, 0.25) is 0 Å². The predicted octanol–water partition coefficient (Wildman–Crippen LogP) is 4.59. The van der Waals surface area contributed by atoms with Gasteiger partial charge in [-0.05, 0) is 91.3 Å². The lowest BCUT2D eigenvalue weighted by Crippen LogP contribution is -2.60. The Bertz CT molecular complexity index is 886. The van der Waals surface area contributed by atoms with Crippen LogP contribution in [0.5, 0.6) is 0 Å². The van der Waals surface area contributed by atoms with E-state index in [9.17, 15) is 4.79 Å². The first-order chi connectivity index (χ1) is 12.9. The number of halogens is 1. The zero-order valence-corrected chi connectivity index (χ0v) is 17.4. The highest BCUT2D eigenvalue weighted by Gasteiger charge is 2.61. The summed E-state index contributed by atoms with van der Waals surface area (Å²) in [6.45, 7) is 4.13. The van der Waals surface area contributed by atoms with Crippen LogP contribution in [0.1, 0.15) is 49.7 Å². The molecule has 5 nitrogen and oxygen atoms in total. The zero-order valence-electron chi connectivity index (χ0n) is 15.8. The van der Waals surface area contributed by atoms with E-state index in [-0.39, 0.29) is 16.9 Å². The quantitative estimate of drug-likeness (QED) is 0.777. The molecule has 6 heteroatoms. The molecule has 0 unspecified atom stereocenters. The van der Waals surface area contributed by atoms with Crippen LogP contribution in [0.4, 0.5) is 5.69 Å². The lowest BCUT2D eigenvalue weighted by molar-refractivity contribution is -0.150. The Kier molecular flexibility index (Phi) is 3.81. The van der Waals surface area contributed by atoms with Gasteiger partial charge in [0.2, 0.25) is 10.6 Å². The number of hydrogen-bond donors (Lipinski definition) is 1. The number of rotatable bonds is 3. The van der Waals surface area contributed by atoms with Crippen molar-refractivity contribution in [3.63, 3.8) is 0 Å². The van der Waals surface area contributed by atoms with Gasteiger partial charge in [-0.2, -0.15) is 0 Å². The summed E-state index contributed by atoms with van der Waals surface area (Å²) in [5.41, 5.74) is 2.90. The van der Waals surface area contributed by atoms with E-state index in [1.54, 1.807) is 0 Å². The van der Waals surface area contributed by atoms with E-state index >= 15 is 0 Å². The standard InChI is InChI=1S/C21H25BrN4O/c1-13-4-3-5-14(2)17(13)24-18(27)20-7-15-6-16(8-20)10-21(9-15,11-20)26-12-23-19(22)25-26/h3-5,12,15-16H,6-11H2,1-2H3,(H,24,27)/t15-,16-,20?,21?/m0/s1. The second-order valence-corrected chi connectivity index (χ2v) is 9.85. The first-order valence-electron chi connectivity index (χ1n) is 9.85. The van der Waals surface area contributed by atoms with Crippen molar-refractivity contribution in [2.24, 2.45) is 17.3 Å². The third-order valence-electron chi connectivity index (χ3n) is 7.18. The normalized spacial score (nSPS) is 34.0. The van der Waals surface area contributed by atoms with Gasteiger partial charge < -0.3 is 5.32 Å². The lowest BCUT2D eigenvalue weighted by Gasteiger charge is -2.60. The minimum atomic E-state index is -0.281. The molecule has 142 valence electrons. The number of aromatic nitrogens is 3. The van der Waals surface area contributed by atoms with E-state index in [0.717, 1.165) is 48.9 Å². The van der Waals surface area contributed by atoms with Gasteiger partial charge in [0.15, 0.2) is 0 Å². The van der Waals surface area contributed by atoms with Crippen LogP contribution in [-0.4, -0.2) is 20.7 Å². The van der Waals surface area contributed by atoms with Crippen LogP contribution in [0, 0.1) is 31.1 Å². The van der Waals surface area contributed by atoms with Crippen LogP contribution in [0.3, 0.4) is 0 Å². The zero-order chi connectivity index (χ0) is 18.8. The van der Waals surface area contributed by atoms with E-state index < -0.39 is 0 Å². The van der Waals surface area contributed by atoms with Gasteiger partial charge in [0, 0.05) is 5.69 Å². The number of hydrogen-bond acceptors (Lipinski definition) is 3. The van der Waals surface area contributed by atoms with E-state index in [1.807, 2.05) is 12.4 Å². The molecule has 1 N–H and O–H groups in total. The van der Waals surface area contributed by atoms with Crippen molar-refractivity contribution in [2.45, 2.75) is 57.9 Å². The maximum absolute atomic E-state index is 13.6. The Morgan fingerprint density at radius 1 is 1.19 bits per heavy atom. The molecule has 0 saturated heterocycles. The summed E-state index contributed by atoms with van der Waals surface area (Å²) in [5, 5.41) is 7.91. The Labute approximate surface area is 168 Å². The number of para-hydroxylation sites is 1. The molecule has 1 heterocycles. The smallest absolute Gasteiger partial charge is 0.230 e. The van der Waals surface area contributed by atoms with Gasteiger partial charge in [0.1, 0.15) is 6.33 Å². The molecule has 4 aliphatic rings. The molecular formula is C21H25BrN4O. The molecule has 6 rings (SSSR count). The second-order valence-electron chi connectivity index (χ2n) is 9.14. The van der Waals surface area contributed by atoms with Gasteiger partial charge in [-0.3, -0.25) is 4.79 Å². The Hall–Kier alpha value is -1.69. The molecular weight excluding hydrogens is 404 g/mol. The van der Waals surface area contributed by atoms with Crippen molar-refractivity contribution < 1.29 is 4.79 Å². The fourth-order valence-corrected chi connectivity index (χ4v) is 6.74. The molecule has 4 aliphatic carbocycles. The molecule has 27 heavy (non-hydrogen) atoms. The maximum Gasteiger partial charge on any atom is 0.230 e. The van der Waals surface area contributed by atoms with Gasteiger partial charge in [-0.15, -0.1) is 5.10 Å². The number of carbonyl (C=O) groups excluding carboxylic acids is 1. The molecule has 4 fully saturated rings. The second kappa shape index (κ2) is 5.90. The average Bonchev–Trinajstić information content (AvgIpc) is 3.04. The van der Waals surface area contributed by atoms with Crippen molar-refractivity contribution in [3.8, 4) is 0 Å². The van der Waals surface area contributed by atoms with Crippen LogP contribution in [-0.2, 0) is 10.3 Å². The highest BCUT2D eigenvalue weighted by Crippen LogP contribution is 2.64. The van der Waals surface area contributed by atoms with Crippen molar-refractivity contribution in [2.75, 3.05) is 5.32 Å². The minimum Gasteiger partial charge on any atom is -0.325 e. The first kappa shape index (κ1) is 17.4. The highest BCUT2D eigenvalue weighted by molar-refractivity contribution is 9.10. The first-order valence-corrected chi connectivity index (χ1v) is 10.6. The largest absolute Gasteiger partial charge is 0.325 e. The highest BCUT2D eigenvalue weighted by atomic mass is 79.9. The summed E-state index contributed by atoms with van der Waals surface area (Å²) in [7, 11) is 0. The molecule has 1 aromatic heterocycles. The van der Waals surface area contributed by atoms with E-state index in [0.29, 0.717) is 16.6 Å². The summed E-state index contributed by atoms with van der Waals surface area (Å²) in [6.07, 6.45) is 8.25. The van der Waals surface area contributed by atoms with Crippen molar-refractivity contribution >= 4 is 27.5 Å². The lowest BCUT2D eigenvalue weighted by atomic mass is 9.46. The maximum atomic E-state index is 13.6. The number of aryl methyl sites for hydroxylation is 2. The Balaban J connectivity index is 1.50. The Morgan fingerprint density at radius 3 is 2.44 bits per heavy atom. The number of carbonyl (C=O) groups is 1. The van der Waals surface area contributed by atoms with Gasteiger partial charge in [0.05, 0.1) is 11.0 Å². The molecule has 4 bridgehead atoms.